The van der Waals surface area contributed by atoms with Crippen LogP contribution in [0.25, 0.3) is 11.1 Å². The summed E-state index contributed by atoms with van der Waals surface area (Å²) in [5, 5.41) is 0. The van der Waals surface area contributed by atoms with Gasteiger partial charge in [0.15, 0.2) is 5.78 Å². The van der Waals surface area contributed by atoms with Crippen LogP contribution in [0.15, 0.2) is 48.5 Å². The maximum atomic E-state index is 12.7. The van der Waals surface area contributed by atoms with Gasteiger partial charge >= 0.3 is 0 Å². The first-order chi connectivity index (χ1) is 11.3. The Balaban J connectivity index is 1.72. The van der Waals surface area contributed by atoms with Gasteiger partial charge in [0.2, 0.25) is 0 Å². The van der Waals surface area contributed by atoms with Crippen molar-refractivity contribution in [3.63, 3.8) is 0 Å². The van der Waals surface area contributed by atoms with Crippen LogP contribution in [0, 0.1) is 5.92 Å². The Morgan fingerprint density at radius 3 is 2.57 bits per heavy atom. The molecule has 0 aromatic heterocycles. The van der Waals surface area contributed by atoms with Crippen LogP contribution < -0.4 is 0 Å². The molecule has 1 atom stereocenters. The number of carbonyl (C=O) groups excluding carboxylic acids is 1. The first-order valence-corrected chi connectivity index (χ1v) is 9.02. The number of hydrogen-bond donors (Lipinski definition) is 0. The Kier molecular flexibility index (Phi) is 5.27. The molecule has 3 rings (SSSR count). The molecule has 0 radical (unpaired) electrons. The molecule has 0 spiro atoms. The van der Waals surface area contributed by atoms with Crippen molar-refractivity contribution in [3.05, 3.63) is 59.7 Å². The molecule has 120 valence electrons. The van der Waals surface area contributed by atoms with Crippen molar-refractivity contribution in [1.82, 2.24) is 0 Å². The number of Topliss-reactive ketones (excluding diaryl/α,β-unsaturated/α-hetero) is 1. The molecule has 1 aliphatic carbocycles. The third-order valence-corrected chi connectivity index (χ3v) is 5.02. The normalized spacial score (nSPS) is 17.1. The van der Waals surface area contributed by atoms with Crippen molar-refractivity contribution in [2.24, 2.45) is 5.92 Å². The molecule has 0 heterocycles. The molecule has 0 amide bonds. The first kappa shape index (κ1) is 16.0. The van der Waals surface area contributed by atoms with Crippen molar-refractivity contribution in [2.75, 3.05) is 0 Å². The lowest BCUT2D eigenvalue weighted by molar-refractivity contribution is 0.0892. The number of benzene rings is 2. The van der Waals surface area contributed by atoms with Crippen LogP contribution in [0.4, 0.5) is 0 Å². The molecule has 1 heteroatoms. The lowest BCUT2D eigenvalue weighted by Crippen LogP contribution is -2.22. The Morgan fingerprint density at radius 2 is 1.78 bits per heavy atom. The number of fused-ring (bicyclic) bond motifs is 1. The summed E-state index contributed by atoms with van der Waals surface area (Å²) in [7, 11) is 0. The Hall–Kier alpha value is -1.89. The maximum Gasteiger partial charge on any atom is 0.166 e. The van der Waals surface area contributed by atoms with E-state index in [1.807, 2.05) is 6.07 Å². The topological polar surface area (TPSA) is 17.1 Å². The average molecular weight is 306 g/mol. The van der Waals surface area contributed by atoms with E-state index in [1.165, 1.54) is 42.4 Å². The molecule has 0 saturated carbocycles. The van der Waals surface area contributed by atoms with Crippen LogP contribution in [-0.4, -0.2) is 5.78 Å². The second kappa shape index (κ2) is 7.59. The van der Waals surface area contributed by atoms with E-state index in [9.17, 15) is 4.79 Å². The van der Waals surface area contributed by atoms with Crippen LogP contribution in [0.2, 0.25) is 0 Å². The summed E-state index contributed by atoms with van der Waals surface area (Å²) in [5.41, 5.74) is 4.65. The molecule has 0 N–H and O–H groups in total. The third kappa shape index (κ3) is 3.72. The average Bonchev–Trinajstić information content (AvgIpc) is 2.61. The molecule has 2 aromatic rings. The van der Waals surface area contributed by atoms with Gasteiger partial charge in [0.05, 0.1) is 0 Å². The van der Waals surface area contributed by atoms with Crippen molar-refractivity contribution >= 4 is 5.78 Å². The zero-order chi connectivity index (χ0) is 16.1. The van der Waals surface area contributed by atoms with E-state index in [1.54, 1.807) is 0 Å². The van der Waals surface area contributed by atoms with E-state index < -0.39 is 0 Å². The predicted molar refractivity (Wildman–Crippen MR) is 96.8 cm³/mol. The van der Waals surface area contributed by atoms with E-state index in [-0.39, 0.29) is 5.92 Å². The zero-order valence-corrected chi connectivity index (χ0v) is 14.1. The quantitative estimate of drug-likeness (QED) is 0.592. The largest absolute Gasteiger partial charge is 0.294 e. The molecule has 0 fully saturated rings. The molecule has 1 aliphatic rings. The number of rotatable bonds is 6. The molecular weight excluding hydrogens is 280 g/mol. The van der Waals surface area contributed by atoms with Crippen LogP contribution in [0.3, 0.4) is 0 Å². The van der Waals surface area contributed by atoms with Gasteiger partial charge in [-0.2, -0.15) is 0 Å². The van der Waals surface area contributed by atoms with Gasteiger partial charge in [-0.3, -0.25) is 4.79 Å². The third-order valence-electron chi connectivity index (χ3n) is 5.02. The highest BCUT2D eigenvalue weighted by atomic mass is 16.1. The van der Waals surface area contributed by atoms with Gasteiger partial charge in [0, 0.05) is 11.5 Å². The molecule has 2 aromatic carbocycles. The zero-order valence-electron chi connectivity index (χ0n) is 14.1. The van der Waals surface area contributed by atoms with Gasteiger partial charge in [0.25, 0.3) is 0 Å². The van der Waals surface area contributed by atoms with Crippen molar-refractivity contribution in [3.8, 4) is 11.1 Å². The fourth-order valence-electron chi connectivity index (χ4n) is 3.62. The monoisotopic (exact) mass is 306 g/mol. The molecule has 1 unspecified atom stereocenters. The molecule has 0 bridgehead atoms. The molecule has 0 saturated heterocycles. The van der Waals surface area contributed by atoms with E-state index in [0.29, 0.717) is 5.78 Å². The van der Waals surface area contributed by atoms with Gasteiger partial charge in [-0.05, 0) is 36.0 Å². The summed E-state index contributed by atoms with van der Waals surface area (Å²) >= 11 is 0. The van der Waals surface area contributed by atoms with E-state index in [2.05, 4.69) is 49.4 Å². The Labute approximate surface area is 139 Å². The fraction of sp³-hybridized carbons (Fsp3) is 0.409. The van der Waals surface area contributed by atoms with E-state index in [0.717, 1.165) is 24.8 Å². The Bertz CT molecular complexity index is 657. The fourth-order valence-corrected chi connectivity index (χ4v) is 3.62. The lowest BCUT2D eigenvalue weighted by atomic mass is 9.79. The smallest absolute Gasteiger partial charge is 0.166 e. The van der Waals surface area contributed by atoms with Gasteiger partial charge in [-0.15, -0.1) is 0 Å². The molecule has 23 heavy (non-hydrogen) atoms. The van der Waals surface area contributed by atoms with E-state index in [4.69, 9.17) is 0 Å². The van der Waals surface area contributed by atoms with Crippen LogP contribution in [0.5, 0.6) is 0 Å². The number of hydrogen-bond acceptors (Lipinski definition) is 1. The summed E-state index contributed by atoms with van der Waals surface area (Å²) in [6.07, 6.45) is 8.14. The summed E-state index contributed by atoms with van der Waals surface area (Å²) in [6.45, 7) is 2.23. The minimum absolute atomic E-state index is 0.252. The summed E-state index contributed by atoms with van der Waals surface area (Å²) < 4.78 is 0. The summed E-state index contributed by atoms with van der Waals surface area (Å²) in [6, 6.07) is 16.8. The van der Waals surface area contributed by atoms with Crippen molar-refractivity contribution in [2.45, 2.75) is 51.9 Å². The van der Waals surface area contributed by atoms with Crippen LogP contribution in [0.1, 0.15) is 61.4 Å². The molecule has 1 nitrogen and oxygen atoms in total. The standard InChI is InChI=1S/C22H26O/c1-2-3-4-6-11-18-12-13-20-16-19(14-15-21(20)22(18)23)17-9-7-5-8-10-17/h5,7-10,14-16,18H,2-4,6,11-13H2,1H3. The number of carbonyl (C=O) groups is 1. The minimum Gasteiger partial charge on any atom is -0.294 e. The first-order valence-electron chi connectivity index (χ1n) is 9.02. The number of unbranched alkanes of at least 4 members (excludes halogenated alkanes) is 3. The van der Waals surface area contributed by atoms with E-state index >= 15 is 0 Å². The maximum absolute atomic E-state index is 12.7. The summed E-state index contributed by atoms with van der Waals surface area (Å²) in [4.78, 5) is 12.7. The Morgan fingerprint density at radius 1 is 0.957 bits per heavy atom. The highest BCUT2D eigenvalue weighted by Crippen LogP contribution is 2.32. The van der Waals surface area contributed by atoms with Crippen LogP contribution >= 0.6 is 0 Å². The highest BCUT2D eigenvalue weighted by Gasteiger charge is 2.26. The van der Waals surface area contributed by atoms with Gasteiger partial charge in [-0.25, -0.2) is 0 Å². The van der Waals surface area contributed by atoms with Crippen LogP contribution in [-0.2, 0) is 6.42 Å². The van der Waals surface area contributed by atoms with Gasteiger partial charge in [-0.1, -0.05) is 81.1 Å². The van der Waals surface area contributed by atoms with Gasteiger partial charge in [0.1, 0.15) is 0 Å². The lowest BCUT2D eigenvalue weighted by Gasteiger charge is -2.24. The second-order valence-electron chi connectivity index (χ2n) is 6.69. The second-order valence-corrected chi connectivity index (χ2v) is 6.69. The molecular formula is C22H26O. The van der Waals surface area contributed by atoms with Crippen molar-refractivity contribution < 1.29 is 4.79 Å². The SMILES string of the molecule is CCCCCCC1CCc2cc(-c3ccccc3)ccc2C1=O. The minimum atomic E-state index is 0.252. The number of aryl methyl sites for hydroxylation is 1. The van der Waals surface area contributed by atoms with Gasteiger partial charge < -0.3 is 0 Å². The predicted octanol–water partition coefficient (Wildman–Crippen LogP) is 6.07. The highest BCUT2D eigenvalue weighted by molar-refractivity contribution is 6.00. The van der Waals surface area contributed by atoms with Crippen molar-refractivity contribution in [1.29, 1.82) is 0 Å². The summed E-state index contributed by atoms with van der Waals surface area (Å²) in [5.74, 6) is 0.629. The molecule has 0 aliphatic heterocycles. The number of ketones is 1.